The van der Waals surface area contributed by atoms with Gasteiger partial charge in [-0.1, -0.05) is 57.3 Å². The zero-order chi connectivity index (χ0) is 19.9. The standard InChI is InChI=1S/C20H15BrCl2N2O2S/c21-17-4-2-1-3-13(17)11-28-12-20(26)25-24-10-15-6-8-19(27-15)16-7-5-14(22)9-18(16)23/h1-10H,11-12H2,(H,25,26)/b24-10-. The molecule has 0 unspecified atom stereocenters. The van der Waals surface area contributed by atoms with E-state index in [0.717, 1.165) is 21.4 Å². The molecule has 3 aromatic rings. The average Bonchev–Trinajstić information content (AvgIpc) is 3.12. The molecule has 0 fully saturated rings. The Morgan fingerprint density at radius 1 is 1.18 bits per heavy atom. The van der Waals surface area contributed by atoms with Crippen LogP contribution >= 0.6 is 50.9 Å². The van der Waals surface area contributed by atoms with Gasteiger partial charge in [0.2, 0.25) is 5.91 Å². The van der Waals surface area contributed by atoms with Gasteiger partial charge in [-0.3, -0.25) is 4.79 Å². The van der Waals surface area contributed by atoms with Gasteiger partial charge in [0.15, 0.2) is 0 Å². The van der Waals surface area contributed by atoms with Gasteiger partial charge in [0.1, 0.15) is 11.5 Å². The van der Waals surface area contributed by atoms with Gasteiger partial charge in [-0.25, -0.2) is 5.43 Å². The van der Waals surface area contributed by atoms with Crippen LogP contribution in [0.25, 0.3) is 11.3 Å². The Hall–Kier alpha value is -1.73. The predicted molar refractivity (Wildman–Crippen MR) is 120 cm³/mol. The summed E-state index contributed by atoms with van der Waals surface area (Å²) in [6.07, 6.45) is 1.45. The van der Waals surface area contributed by atoms with E-state index in [9.17, 15) is 4.79 Å². The minimum atomic E-state index is -0.180. The second kappa shape index (κ2) is 10.2. The Balaban J connectivity index is 1.49. The molecule has 0 aliphatic heterocycles. The number of hydrogen-bond acceptors (Lipinski definition) is 4. The van der Waals surface area contributed by atoms with Crippen molar-refractivity contribution in [1.82, 2.24) is 5.43 Å². The number of rotatable bonds is 7. The first kappa shape index (κ1) is 21.0. The van der Waals surface area contributed by atoms with Crippen LogP contribution in [0.4, 0.5) is 0 Å². The molecule has 0 spiro atoms. The maximum absolute atomic E-state index is 11.9. The molecule has 0 saturated heterocycles. The third kappa shape index (κ3) is 5.88. The first-order valence-electron chi connectivity index (χ1n) is 8.21. The Labute approximate surface area is 185 Å². The zero-order valence-corrected chi connectivity index (χ0v) is 18.4. The molecule has 1 aromatic heterocycles. The number of nitrogens with zero attached hydrogens (tertiary/aromatic N) is 1. The molecule has 1 heterocycles. The van der Waals surface area contributed by atoms with Gasteiger partial charge in [-0.2, -0.15) is 5.10 Å². The summed E-state index contributed by atoms with van der Waals surface area (Å²) in [7, 11) is 0. The number of furan rings is 1. The van der Waals surface area contributed by atoms with Crippen LogP contribution in [0.2, 0.25) is 10.0 Å². The van der Waals surface area contributed by atoms with E-state index in [1.54, 1.807) is 30.3 Å². The van der Waals surface area contributed by atoms with Crippen molar-refractivity contribution < 1.29 is 9.21 Å². The summed E-state index contributed by atoms with van der Waals surface area (Å²) >= 11 is 17.1. The number of amides is 1. The van der Waals surface area contributed by atoms with Crippen LogP contribution in [0.15, 0.2) is 68.6 Å². The van der Waals surface area contributed by atoms with Crippen LogP contribution in [0, 0.1) is 0 Å². The molecule has 0 aliphatic carbocycles. The summed E-state index contributed by atoms with van der Waals surface area (Å²) in [6, 6.07) is 16.6. The number of carbonyl (C=O) groups excluding carboxylic acids is 1. The summed E-state index contributed by atoms with van der Waals surface area (Å²) in [5.74, 6) is 1.96. The number of thioether (sulfide) groups is 1. The molecule has 1 amide bonds. The lowest BCUT2D eigenvalue weighted by Crippen LogP contribution is -2.19. The highest BCUT2D eigenvalue weighted by molar-refractivity contribution is 9.10. The molecule has 1 N–H and O–H groups in total. The highest BCUT2D eigenvalue weighted by atomic mass is 79.9. The van der Waals surface area contributed by atoms with E-state index in [1.165, 1.54) is 18.0 Å². The van der Waals surface area contributed by atoms with Crippen molar-refractivity contribution in [2.24, 2.45) is 5.10 Å². The summed E-state index contributed by atoms with van der Waals surface area (Å²) in [5, 5.41) is 4.99. The third-order valence-corrected chi connectivity index (χ3v) is 5.96. The highest BCUT2D eigenvalue weighted by Gasteiger charge is 2.09. The molecule has 4 nitrogen and oxygen atoms in total. The molecule has 8 heteroatoms. The van der Waals surface area contributed by atoms with Crippen molar-refractivity contribution in [3.05, 3.63) is 80.4 Å². The van der Waals surface area contributed by atoms with Crippen LogP contribution < -0.4 is 5.43 Å². The van der Waals surface area contributed by atoms with Crippen molar-refractivity contribution in [2.45, 2.75) is 5.75 Å². The number of halogens is 3. The molecule has 0 atom stereocenters. The van der Waals surface area contributed by atoms with Crippen LogP contribution in [0.3, 0.4) is 0 Å². The monoisotopic (exact) mass is 496 g/mol. The Bertz CT molecular complexity index is 1010. The first-order chi connectivity index (χ1) is 13.5. The highest BCUT2D eigenvalue weighted by Crippen LogP contribution is 2.31. The first-order valence-corrected chi connectivity index (χ1v) is 10.9. The molecular weight excluding hydrogens is 483 g/mol. The van der Waals surface area contributed by atoms with Gasteiger partial charge < -0.3 is 4.42 Å². The van der Waals surface area contributed by atoms with E-state index in [0.29, 0.717) is 27.3 Å². The van der Waals surface area contributed by atoms with E-state index in [1.807, 2.05) is 24.3 Å². The Morgan fingerprint density at radius 3 is 2.79 bits per heavy atom. The van der Waals surface area contributed by atoms with E-state index in [-0.39, 0.29) is 5.91 Å². The summed E-state index contributed by atoms with van der Waals surface area (Å²) in [6.45, 7) is 0. The lowest BCUT2D eigenvalue weighted by atomic mass is 10.2. The molecular formula is C20H15BrCl2N2O2S. The van der Waals surface area contributed by atoms with Crippen molar-refractivity contribution in [3.63, 3.8) is 0 Å². The van der Waals surface area contributed by atoms with Gasteiger partial charge in [0.25, 0.3) is 0 Å². The third-order valence-electron chi connectivity index (χ3n) is 3.65. The molecule has 0 aliphatic rings. The second-order valence-electron chi connectivity index (χ2n) is 5.70. The minimum Gasteiger partial charge on any atom is -0.455 e. The SMILES string of the molecule is O=C(CSCc1ccccc1Br)N/N=C\c1ccc(-c2ccc(Cl)cc2Cl)o1. The van der Waals surface area contributed by atoms with Gasteiger partial charge in [0.05, 0.1) is 17.0 Å². The van der Waals surface area contributed by atoms with Gasteiger partial charge >= 0.3 is 0 Å². The van der Waals surface area contributed by atoms with Crippen molar-refractivity contribution >= 4 is 63.0 Å². The van der Waals surface area contributed by atoms with E-state index in [2.05, 4.69) is 26.5 Å². The number of hydrogen-bond donors (Lipinski definition) is 1. The number of nitrogens with one attached hydrogen (secondary N) is 1. The fourth-order valence-electron chi connectivity index (χ4n) is 2.33. The molecule has 28 heavy (non-hydrogen) atoms. The zero-order valence-electron chi connectivity index (χ0n) is 14.5. The molecule has 0 radical (unpaired) electrons. The summed E-state index contributed by atoms with van der Waals surface area (Å²) in [5.41, 5.74) is 4.37. The van der Waals surface area contributed by atoms with E-state index >= 15 is 0 Å². The minimum absolute atomic E-state index is 0.180. The normalized spacial score (nSPS) is 11.1. The summed E-state index contributed by atoms with van der Waals surface area (Å²) in [4.78, 5) is 11.9. The van der Waals surface area contributed by atoms with Crippen LogP contribution in [0.5, 0.6) is 0 Å². The quantitative estimate of drug-likeness (QED) is 0.303. The topological polar surface area (TPSA) is 54.6 Å². The molecule has 3 rings (SSSR count). The molecule has 0 saturated carbocycles. The van der Waals surface area contributed by atoms with Gasteiger partial charge in [0, 0.05) is 20.8 Å². The van der Waals surface area contributed by atoms with Crippen molar-refractivity contribution in [3.8, 4) is 11.3 Å². The van der Waals surface area contributed by atoms with Crippen LogP contribution in [0.1, 0.15) is 11.3 Å². The smallest absolute Gasteiger partial charge is 0.250 e. The lowest BCUT2D eigenvalue weighted by molar-refractivity contribution is -0.118. The van der Waals surface area contributed by atoms with Crippen molar-refractivity contribution in [1.29, 1.82) is 0 Å². The maximum Gasteiger partial charge on any atom is 0.250 e. The average molecular weight is 498 g/mol. The number of carbonyl (C=O) groups is 1. The van der Waals surface area contributed by atoms with Gasteiger partial charge in [-0.15, -0.1) is 11.8 Å². The predicted octanol–water partition coefficient (Wildman–Crippen LogP) is 6.40. The second-order valence-corrected chi connectivity index (χ2v) is 8.39. The number of hydrazone groups is 1. The fraction of sp³-hybridized carbons (Fsp3) is 0.100. The number of benzene rings is 2. The molecule has 2 aromatic carbocycles. The Kier molecular flexibility index (Phi) is 7.62. The largest absolute Gasteiger partial charge is 0.455 e. The van der Waals surface area contributed by atoms with Crippen LogP contribution in [-0.4, -0.2) is 17.9 Å². The maximum atomic E-state index is 11.9. The summed E-state index contributed by atoms with van der Waals surface area (Å²) < 4.78 is 6.72. The van der Waals surface area contributed by atoms with E-state index < -0.39 is 0 Å². The van der Waals surface area contributed by atoms with Crippen molar-refractivity contribution in [2.75, 3.05) is 5.75 Å². The lowest BCUT2D eigenvalue weighted by Gasteiger charge is -2.03. The van der Waals surface area contributed by atoms with E-state index in [4.69, 9.17) is 27.6 Å². The fourth-order valence-corrected chi connectivity index (χ4v) is 4.26. The van der Waals surface area contributed by atoms with Crippen LogP contribution in [-0.2, 0) is 10.5 Å². The van der Waals surface area contributed by atoms with Gasteiger partial charge in [-0.05, 0) is 42.0 Å². The molecule has 0 bridgehead atoms. The molecule has 144 valence electrons. The Morgan fingerprint density at radius 2 is 2.00 bits per heavy atom.